The number of hydrogen-bond acceptors (Lipinski definition) is 3. The second-order valence-electron chi connectivity index (χ2n) is 3.19. The molecule has 0 aliphatic rings. The molecule has 1 aromatic heterocycles. The highest BCUT2D eigenvalue weighted by Gasteiger charge is 2.09. The van der Waals surface area contributed by atoms with Crippen LogP contribution in [0.2, 0.25) is 0 Å². The molecule has 0 aliphatic carbocycles. The maximum atomic E-state index is 10.4. The number of aromatic nitrogens is 1. The van der Waals surface area contributed by atoms with E-state index in [0.29, 0.717) is 6.42 Å². The predicted molar refractivity (Wildman–Crippen MR) is 52.8 cm³/mol. The third-order valence-corrected chi connectivity index (χ3v) is 2.05. The molecule has 0 bridgehead atoms. The van der Waals surface area contributed by atoms with Crippen LogP contribution in [-0.4, -0.2) is 22.1 Å². The number of nitrogens with zero attached hydrogens (tertiary/aromatic N) is 1. The summed E-state index contributed by atoms with van der Waals surface area (Å²) in [6.07, 6.45) is 5.61. The van der Waals surface area contributed by atoms with Crippen LogP contribution in [0.3, 0.4) is 0 Å². The molecule has 0 aliphatic heterocycles. The fourth-order valence-electron chi connectivity index (χ4n) is 1.20. The van der Waals surface area contributed by atoms with Crippen molar-refractivity contribution in [3.8, 4) is 0 Å². The van der Waals surface area contributed by atoms with Crippen LogP contribution in [0.25, 0.3) is 0 Å². The molecular weight excluding hydrogens is 180 g/mol. The molecule has 1 rings (SSSR count). The first-order valence-electron chi connectivity index (χ1n) is 4.57. The topological polar surface area (TPSA) is 76.2 Å². The number of rotatable bonds is 5. The zero-order valence-corrected chi connectivity index (χ0v) is 7.89. The Bertz CT molecular complexity index is 287. The number of carbonyl (C=O) groups is 1. The van der Waals surface area contributed by atoms with Gasteiger partial charge in [0.1, 0.15) is 6.04 Å². The van der Waals surface area contributed by atoms with Crippen molar-refractivity contribution >= 4 is 5.97 Å². The maximum absolute atomic E-state index is 10.4. The molecule has 0 saturated heterocycles. The minimum absolute atomic E-state index is 0.512. The van der Waals surface area contributed by atoms with Crippen LogP contribution >= 0.6 is 0 Å². The molecule has 14 heavy (non-hydrogen) atoms. The Labute approximate surface area is 82.8 Å². The van der Waals surface area contributed by atoms with E-state index in [1.54, 1.807) is 12.4 Å². The van der Waals surface area contributed by atoms with Gasteiger partial charge in [0.05, 0.1) is 0 Å². The van der Waals surface area contributed by atoms with Crippen molar-refractivity contribution in [3.63, 3.8) is 0 Å². The standard InChI is InChI=1S/C10H14N2O2/c11-9(10(13)14)3-1-2-8-4-6-12-7-5-8/h4-7,9H,1-3,11H2,(H,13,14)/t9-/m1/s1. The summed E-state index contributed by atoms with van der Waals surface area (Å²) in [6.45, 7) is 0. The van der Waals surface area contributed by atoms with Crippen molar-refractivity contribution in [3.05, 3.63) is 30.1 Å². The van der Waals surface area contributed by atoms with Gasteiger partial charge in [-0.2, -0.15) is 0 Å². The first-order valence-corrected chi connectivity index (χ1v) is 4.57. The summed E-state index contributed by atoms with van der Waals surface area (Å²) in [5.74, 6) is -0.931. The zero-order chi connectivity index (χ0) is 10.4. The molecule has 1 atom stereocenters. The smallest absolute Gasteiger partial charge is 0.320 e. The second-order valence-corrected chi connectivity index (χ2v) is 3.19. The van der Waals surface area contributed by atoms with Gasteiger partial charge in [-0.1, -0.05) is 0 Å². The lowest BCUT2D eigenvalue weighted by molar-refractivity contribution is -0.138. The molecule has 4 nitrogen and oxygen atoms in total. The largest absolute Gasteiger partial charge is 0.480 e. The highest BCUT2D eigenvalue weighted by Crippen LogP contribution is 2.04. The molecule has 0 amide bonds. The molecule has 0 saturated carbocycles. The van der Waals surface area contributed by atoms with Crippen LogP contribution in [0.1, 0.15) is 18.4 Å². The van der Waals surface area contributed by atoms with E-state index in [9.17, 15) is 4.79 Å². The van der Waals surface area contributed by atoms with Gasteiger partial charge in [-0.15, -0.1) is 0 Å². The Balaban J connectivity index is 2.26. The number of aryl methyl sites for hydroxylation is 1. The fourth-order valence-corrected chi connectivity index (χ4v) is 1.20. The molecule has 1 heterocycles. The van der Waals surface area contributed by atoms with Crippen LogP contribution < -0.4 is 5.73 Å². The molecule has 0 radical (unpaired) electrons. The maximum Gasteiger partial charge on any atom is 0.320 e. The Morgan fingerprint density at radius 3 is 2.71 bits per heavy atom. The van der Waals surface area contributed by atoms with Gasteiger partial charge in [-0.3, -0.25) is 9.78 Å². The van der Waals surface area contributed by atoms with Gasteiger partial charge < -0.3 is 10.8 Å². The van der Waals surface area contributed by atoms with E-state index in [2.05, 4.69) is 4.98 Å². The Hall–Kier alpha value is -1.42. The van der Waals surface area contributed by atoms with Crippen LogP contribution in [0.4, 0.5) is 0 Å². The lowest BCUT2D eigenvalue weighted by Gasteiger charge is -2.05. The van der Waals surface area contributed by atoms with Crippen LogP contribution in [0.5, 0.6) is 0 Å². The molecule has 76 valence electrons. The summed E-state index contributed by atoms with van der Waals surface area (Å²) in [6, 6.07) is 3.11. The molecule has 1 aromatic rings. The van der Waals surface area contributed by atoms with Gasteiger partial charge in [-0.25, -0.2) is 0 Å². The second kappa shape index (κ2) is 5.34. The summed E-state index contributed by atoms with van der Waals surface area (Å²) < 4.78 is 0. The fraction of sp³-hybridized carbons (Fsp3) is 0.400. The van der Waals surface area contributed by atoms with Gasteiger partial charge >= 0.3 is 5.97 Å². The first kappa shape index (κ1) is 10.7. The number of carboxylic acid groups (broad SMARTS) is 1. The van der Waals surface area contributed by atoms with E-state index in [0.717, 1.165) is 18.4 Å². The zero-order valence-electron chi connectivity index (χ0n) is 7.89. The quantitative estimate of drug-likeness (QED) is 0.727. The summed E-state index contributed by atoms with van der Waals surface area (Å²) in [4.78, 5) is 14.3. The lowest BCUT2D eigenvalue weighted by atomic mass is 10.1. The number of hydrogen-bond donors (Lipinski definition) is 2. The van der Waals surface area contributed by atoms with E-state index >= 15 is 0 Å². The molecule has 4 heteroatoms. The van der Waals surface area contributed by atoms with Crippen molar-refractivity contribution < 1.29 is 9.90 Å². The minimum Gasteiger partial charge on any atom is -0.480 e. The van der Waals surface area contributed by atoms with Crippen LogP contribution in [0.15, 0.2) is 24.5 Å². The number of carboxylic acids is 1. The molecule has 0 fully saturated rings. The van der Waals surface area contributed by atoms with Crippen LogP contribution in [-0.2, 0) is 11.2 Å². The Morgan fingerprint density at radius 2 is 2.14 bits per heavy atom. The van der Waals surface area contributed by atoms with Crippen molar-refractivity contribution in [1.82, 2.24) is 4.98 Å². The van der Waals surface area contributed by atoms with Crippen molar-refractivity contribution in [2.24, 2.45) is 5.73 Å². The highest BCUT2D eigenvalue weighted by molar-refractivity contribution is 5.72. The highest BCUT2D eigenvalue weighted by atomic mass is 16.4. The summed E-state index contributed by atoms with van der Waals surface area (Å²) >= 11 is 0. The molecular formula is C10H14N2O2. The molecule has 0 spiro atoms. The summed E-state index contributed by atoms with van der Waals surface area (Å²) in [7, 11) is 0. The Morgan fingerprint density at radius 1 is 1.50 bits per heavy atom. The minimum atomic E-state index is -0.931. The van der Waals surface area contributed by atoms with Crippen molar-refractivity contribution in [2.45, 2.75) is 25.3 Å². The van der Waals surface area contributed by atoms with E-state index in [4.69, 9.17) is 10.8 Å². The van der Waals surface area contributed by atoms with Crippen molar-refractivity contribution in [2.75, 3.05) is 0 Å². The van der Waals surface area contributed by atoms with Crippen molar-refractivity contribution in [1.29, 1.82) is 0 Å². The number of pyridine rings is 1. The summed E-state index contributed by atoms with van der Waals surface area (Å²) in [5, 5.41) is 8.54. The molecule has 3 N–H and O–H groups in total. The average Bonchev–Trinajstić information content (AvgIpc) is 2.19. The van der Waals surface area contributed by atoms with E-state index < -0.39 is 12.0 Å². The van der Waals surface area contributed by atoms with Crippen LogP contribution in [0, 0.1) is 0 Å². The third-order valence-electron chi connectivity index (χ3n) is 2.05. The Kier molecular flexibility index (Phi) is 4.07. The lowest BCUT2D eigenvalue weighted by Crippen LogP contribution is -2.29. The average molecular weight is 194 g/mol. The molecule has 0 aromatic carbocycles. The summed E-state index contributed by atoms with van der Waals surface area (Å²) in [5.41, 5.74) is 6.53. The van der Waals surface area contributed by atoms with E-state index in [1.165, 1.54) is 0 Å². The van der Waals surface area contributed by atoms with Gasteiger partial charge in [0, 0.05) is 12.4 Å². The molecule has 0 unspecified atom stereocenters. The number of aliphatic carboxylic acids is 1. The number of nitrogens with two attached hydrogens (primary N) is 1. The monoisotopic (exact) mass is 194 g/mol. The SMILES string of the molecule is N[C@H](CCCc1ccncc1)C(=O)O. The van der Waals surface area contributed by atoms with Gasteiger partial charge in [0.2, 0.25) is 0 Å². The predicted octanol–water partition coefficient (Wildman–Crippen LogP) is 0.816. The van der Waals surface area contributed by atoms with E-state index in [1.807, 2.05) is 12.1 Å². The van der Waals surface area contributed by atoms with Gasteiger partial charge in [0.15, 0.2) is 0 Å². The third kappa shape index (κ3) is 3.53. The van der Waals surface area contributed by atoms with E-state index in [-0.39, 0.29) is 0 Å². The van der Waals surface area contributed by atoms with Gasteiger partial charge in [0.25, 0.3) is 0 Å². The van der Waals surface area contributed by atoms with Gasteiger partial charge in [-0.05, 0) is 37.0 Å². The normalized spacial score (nSPS) is 12.4. The first-order chi connectivity index (χ1) is 6.70.